The second kappa shape index (κ2) is 15.7. The summed E-state index contributed by atoms with van der Waals surface area (Å²) in [6.45, 7) is 5.47. The molecule has 1 heterocycles. The highest BCUT2D eigenvalue weighted by Gasteiger charge is 2.28. The van der Waals surface area contributed by atoms with Gasteiger partial charge in [0, 0.05) is 22.3 Å². The third-order valence-corrected chi connectivity index (χ3v) is 8.83. The maximum absolute atomic E-state index is 14.8. The van der Waals surface area contributed by atoms with Crippen molar-refractivity contribution in [2.24, 2.45) is 0 Å². The van der Waals surface area contributed by atoms with E-state index in [2.05, 4.69) is 5.32 Å². The van der Waals surface area contributed by atoms with Gasteiger partial charge in [-0.1, -0.05) is 42.5 Å². The first-order chi connectivity index (χ1) is 26.4. The van der Waals surface area contributed by atoms with Gasteiger partial charge in [-0.15, -0.1) is 0 Å². The van der Waals surface area contributed by atoms with E-state index in [9.17, 15) is 14.4 Å². The normalized spacial score (nSPS) is 11.2. The predicted molar refractivity (Wildman–Crippen MR) is 211 cm³/mol. The summed E-state index contributed by atoms with van der Waals surface area (Å²) in [6.07, 6.45) is -0.645. The topological polar surface area (TPSA) is 133 Å². The molecule has 1 aromatic heterocycles. The van der Waals surface area contributed by atoms with Crippen molar-refractivity contribution in [2.75, 3.05) is 40.9 Å². The number of aromatic nitrogens is 1. The Balaban J connectivity index is 1.61. The highest BCUT2D eigenvalue weighted by atomic mass is 16.6. The zero-order valence-corrected chi connectivity index (χ0v) is 31.9. The smallest absolute Gasteiger partial charge is 0.412 e. The Hall–Kier alpha value is -6.69. The van der Waals surface area contributed by atoms with Crippen LogP contribution in [-0.2, 0) is 16.1 Å². The minimum absolute atomic E-state index is 0.0893. The van der Waals surface area contributed by atoms with E-state index in [1.165, 1.54) is 40.1 Å². The summed E-state index contributed by atoms with van der Waals surface area (Å²) in [5, 5.41) is 5.37. The van der Waals surface area contributed by atoms with Gasteiger partial charge in [-0.05, 0) is 91.2 Å². The van der Waals surface area contributed by atoms with Gasteiger partial charge in [0.25, 0.3) is 5.56 Å². The maximum Gasteiger partial charge on any atom is 0.412 e. The number of anilines is 1. The number of pyridine rings is 1. The SMILES string of the molecule is COC(=O)c1c(-c2cc(OC)c(OC)c(OC)c2)c2cc(OC)c(OCc3cccc4ccccc34)cc2c(=O)n1-c1ccc(NC(=O)OC(C)(C)C)cc1. The lowest BCUT2D eigenvalue weighted by molar-refractivity contribution is 0.0589. The number of nitrogens with one attached hydrogen (secondary N) is 1. The summed E-state index contributed by atoms with van der Waals surface area (Å²) >= 11 is 0. The number of carbonyl (C=O) groups is 2. The molecule has 1 N–H and O–H groups in total. The molecule has 0 atom stereocenters. The van der Waals surface area contributed by atoms with Crippen LogP contribution in [0, 0.1) is 0 Å². The van der Waals surface area contributed by atoms with E-state index >= 15 is 0 Å². The van der Waals surface area contributed by atoms with Crippen molar-refractivity contribution in [3.05, 3.63) is 113 Å². The molecule has 0 aliphatic rings. The molecule has 0 unspecified atom stereocenters. The third-order valence-electron chi connectivity index (χ3n) is 8.83. The average molecular weight is 747 g/mol. The summed E-state index contributed by atoms with van der Waals surface area (Å²) in [5.74, 6) is 0.808. The van der Waals surface area contributed by atoms with E-state index in [4.69, 9.17) is 33.2 Å². The zero-order chi connectivity index (χ0) is 39.4. The number of amides is 1. The number of esters is 1. The van der Waals surface area contributed by atoms with Gasteiger partial charge in [0.2, 0.25) is 5.75 Å². The molecule has 12 nitrogen and oxygen atoms in total. The van der Waals surface area contributed by atoms with Crippen molar-refractivity contribution in [1.82, 2.24) is 4.57 Å². The average Bonchev–Trinajstić information content (AvgIpc) is 3.18. The predicted octanol–water partition coefficient (Wildman–Crippen LogP) is 8.56. The number of ether oxygens (including phenoxy) is 7. The number of fused-ring (bicyclic) bond motifs is 2. The number of hydrogen-bond donors (Lipinski definition) is 1. The Labute approximate surface area is 318 Å². The number of nitrogens with zero attached hydrogens (tertiary/aromatic N) is 1. The number of methoxy groups -OCH3 is 5. The van der Waals surface area contributed by atoms with Crippen molar-refractivity contribution < 1.29 is 42.7 Å². The van der Waals surface area contributed by atoms with Crippen molar-refractivity contribution in [2.45, 2.75) is 33.0 Å². The Morgan fingerprint density at radius 2 is 1.33 bits per heavy atom. The van der Waals surface area contributed by atoms with Crippen LogP contribution < -0.4 is 34.6 Å². The first-order valence-corrected chi connectivity index (χ1v) is 17.3. The molecule has 6 rings (SSSR count). The molecule has 0 saturated carbocycles. The van der Waals surface area contributed by atoms with Crippen LogP contribution in [0.2, 0.25) is 0 Å². The molecule has 5 aromatic carbocycles. The zero-order valence-electron chi connectivity index (χ0n) is 31.9. The fourth-order valence-corrected chi connectivity index (χ4v) is 6.42. The van der Waals surface area contributed by atoms with Crippen LogP contribution in [0.1, 0.15) is 36.8 Å². The second-order valence-corrected chi connectivity index (χ2v) is 13.4. The van der Waals surface area contributed by atoms with Gasteiger partial charge in [0.05, 0.1) is 40.9 Å². The maximum atomic E-state index is 14.8. The fraction of sp³-hybridized carbons (Fsp3) is 0.233. The van der Waals surface area contributed by atoms with E-state index in [1.54, 1.807) is 69.3 Å². The monoisotopic (exact) mass is 746 g/mol. The molecule has 0 bridgehead atoms. The van der Waals surface area contributed by atoms with Crippen molar-refractivity contribution in [3.63, 3.8) is 0 Å². The lowest BCUT2D eigenvalue weighted by Crippen LogP contribution is -2.27. The van der Waals surface area contributed by atoms with Crippen LogP contribution in [0.5, 0.6) is 28.7 Å². The largest absolute Gasteiger partial charge is 0.493 e. The van der Waals surface area contributed by atoms with Gasteiger partial charge in [-0.2, -0.15) is 0 Å². The molecule has 284 valence electrons. The second-order valence-electron chi connectivity index (χ2n) is 13.4. The van der Waals surface area contributed by atoms with Gasteiger partial charge < -0.3 is 33.2 Å². The molecule has 55 heavy (non-hydrogen) atoms. The minimum atomic E-state index is -0.797. The Kier molecular flexibility index (Phi) is 10.9. The van der Waals surface area contributed by atoms with Gasteiger partial charge in [-0.3, -0.25) is 14.7 Å². The third kappa shape index (κ3) is 7.70. The van der Waals surface area contributed by atoms with Crippen molar-refractivity contribution in [1.29, 1.82) is 0 Å². The number of rotatable bonds is 11. The molecular formula is C43H42N2O10. The molecular weight excluding hydrogens is 704 g/mol. The first-order valence-electron chi connectivity index (χ1n) is 17.3. The molecule has 0 radical (unpaired) electrons. The van der Waals surface area contributed by atoms with E-state index in [1.807, 2.05) is 42.5 Å². The molecule has 0 aliphatic carbocycles. The standard InChI is InChI=1S/C43H42N2O10/c1-43(2,3)55-42(48)44-28-16-18-29(19-17-28)45-38(41(47)53-8)37(27-20-35(50-5)39(52-7)36(21-27)51-6)31-22-33(49-4)34(23-32(31)40(45)46)54-24-26-14-11-13-25-12-9-10-15-30(25)26/h9-23H,24H2,1-8H3,(H,44,48). The Bertz CT molecular complexity index is 2430. The first kappa shape index (κ1) is 38.0. The van der Waals surface area contributed by atoms with Gasteiger partial charge in [-0.25, -0.2) is 9.59 Å². The van der Waals surface area contributed by atoms with Crippen LogP contribution >= 0.6 is 0 Å². The van der Waals surface area contributed by atoms with E-state index in [0.717, 1.165) is 16.3 Å². The molecule has 12 heteroatoms. The highest BCUT2D eigenvalue weighted by molar-refractivity contribution is 6.08. The minimum Gasteiger partial charge on any atom is -0.493 e. The van der Waals surface area contributed by atoms with E-state index in [-0.39, 0.29) is 17.7 Å². The molecule has 0 fully saturated rings. The summed E-state index contributed by atoms with van der Waals surface area (Å²) in [4.78, 5) is 41.3. The lowest BCUT2D eigenvalue weighted by atomic mass is 9.95. The van der Waals surface area contributed by atoms with Gasteiger partial charge in [0.15, 0.2) is 23.0 Å². The van der Waals surface area contributed by atoms with Gasteiger partial charge in [0.1, 0.15) is 17.9 Å². The molecule has 0 spiro atoms. The Morgan fingerprint density at radius 3 is 1.95 bits per heavy atom. The van der Waals surface area contributed by atoms with Crippen LogP contribution in [-0.4, -0.2) is 57.8 Å². The number of carbonyl (C=O) groups excluding carboxylic acids is 2. The van der Waals surface area contributed by atoms with Crippen LogP contribution in [0.3, 0.4) is 0 Å². The van der Waals surface area contributed by atoms with Crippen LogP contribution in [0.15, 0.2) is 95.8 Å². The van der Waals surface area contributed by atoms with Crippen molar-refractivity contribution in [3.8, 4) is 45.6 Å². The summed E-state index contributed by atoms with van der Waals surface area (Å²) in [7, 11) is 7.19. The highest BCUT2D eigenvalue weighted by Crippen LogP contribution is 2.45. The van der Waals surface area contributed by atoms with Crippen LogP contribution in [0.25, 0.3) is 38.4 Å². The Morgan fingerprint density at radius 1 is 0.691 bits per heavy atom. The summed E-state index contributed by atoms with van der Waals surface area (Å²) in [6, 6.07) is 27.0. The summed E-state index contributed by atoms with van der Waals surface area (Å²) in [5.41, 5.74) is 1.08. The fourth-order valence-electron chi connectivity index (χ4n) is 6.42. The van der Waals surface area contributed by atoms with Crippen LogP contribution in [0.4, 0.5) is 10.5 Å². The number of benzene rings is 5. The molecule has 6 aromatic rings. The molecule has 0 aliphatic heterocycles. The van der Waals surface area contributed by atoms with Crippen molar-refractivity contribution >= 4 is 39.3 Å². The van der Waals surface area contributed by atoms with E-state index < -0.39 is 23.2 Å². The summed E-state index contributed by atoms with van der Waals surface area (Å²) < 4.78 is 41.2. The quantitative estimate of drug-likeness (QED) is 0.129. The number of hydrogen-bond acceptors (Lipinski definition) is 10. The molecule has 1 amide bonds. The van der Waals surface area contributed by atoms with E-state index in [0.29, 0.717) is 56.6 Å². The molecule has 0 saturated heterocycles. The lowest BCUT2D eigenvalue weighted by Gasteiger charge is -2.22. The van der Waals surface area contributed by atoms with Gasteiger partial charge >= 0.3 is 12.1 Å².